The number of morpholine rings is 1. The molecule has 0 radical (unpaired) electrons. The standard InChI is InChI=1S/C13H20N2O2/c1-3-11-9-17-8-7-15(11)13-12(10(2)16)5-4-6-14-13/h4-6,10-11,16H,3,7-9H2,1-2H3. The fourth-order valence-electron chi connectivity index (χ4n) is 2.25. The van der Waals surface area contributed by atoms with Crippen molar-refractivity contribution in [2.45, 2.75) is 32.4 Å². The highest BCUT2D eigenvalue weighted by Crippen LogP contribution is 2.27. The zero-order chi connectivity index (χ0) is 12.3. The van der Waals surface area contributed by atoms with E-state index in [1.165, 1.54) is 0 Å². The average Bonchev–Trinajstić information content (AvgIpc) is 2.38. The van der Waals surface area contributed by atoms with Crippen molar-refractivity contribution in [1.82, 2.24) is 4.98 Å². The number of pyridine rings is 1. The van der Waals surface area contributed by atoms with E-state index < -0.39 is 6.10 Å². The van der Waals surface area contributed by atoms with Crippen LogP contribution in [0.1, 0.15) is 31.9 Å². The van der Waals surface area contributed by atoms with Crippen molar-refractivity contribution in [3.63, 3.8) is 0 Å². The van der Waals surface area contributed by atoms with Crippen LogP contribution in [0, 0.1) is 0 Å². The van der Waals surface area contributed by atoms with Crippen LogP contribution in [-0.2, 0) is 4.74 Å². The molecule has 4 heteroatoms. The van der Waals surface area contributed by atoms with E-state index >= 15 is 0 Å². The third-order valence-corrected chi connectivity index (χ3v) is 3.24. The minimum atomic E-state index is -0.487. The summed E-state index contributed by atoms with van der Waals surface area (Å²) in [5.74, 6) is 0.901. The Morgan fingerprint density at radius 1 is 1.65 bits per heavy atom. The second-order valence-corrected chi connectivity index (χ2v) is 4.42. The van der Waals surface area contributed by atoms with Gasteiger partial charge in [0.2, 0.25) is 0 Å². The van der Waals surface area contributed by atoms with Gasteiger partial charge in [-0.25, -0.2) is 4.98 Å². The summed E-state index contributed by atoms with van der Waals surface area (Å²) in [5, 5.41) is 9.80. The predicted octanol–water partition coefficient (Wildman–Crippen LogP) is 1.75. The van der Waals surface area contributed by atoms with Crippen molar-refractivity contribution in [3.05, 3.63) is 23.9 Å². The van der Waals surface area contributed by atoms with Gasteiger partial charge in [0.15, 0.2) is 0 Å². The number of hydrogen-bond acceptors (Lipinski definition) is 4. The number of aliphatic hydroxyl groups is 1. The normalized spacial score (nSPS) is 22.5. The van der Waals surface area contributed by atoms with E-state index in [9.17, 15) is 5.11 Å². The first-order chi connectivity index (χ1) is 8.24. The third kappa shape index (κ3) is 2.58. The number of hydrogen-bond donors (Lipinski definition) is 1. The molecule has 0 aromatic carbocycles. The molecule has 1 fully saturated rings. The molecular weight excluding hydrogens is 216 g/mol. The van der Waals surface area contributed by atoms with Crippen LogP contribution in [0.4, 0.5) is 5.82 Å². The Bertz CT molecular complexity index is 368. The Morgan fingerprint density at radius 2 is 2.47 bits per heavy atom. The summed E-state index contributed by atoms with van der Waals surface area (Å²) in [7, 11) is 0. The van der Waals surface area contributed by atoms with Crippen LogP contribution in [0.15, 0.2) is 18.3 Å². The van der Waals surface area contributed by atoms with Crippen molar-refractivity contribution in [3.8, 4) is 0 Å². The SMILES string of the molecule is CCC1COCCN1c1ncccc1C(C)O. The number of anilines is 1. The smallest absolute Gasteiger partial charge is 0.134 e. The molecule has 1 aliphatic rings. The summed E-state index contributed by atoms with van der Waals surface area (Å²) in [6, 6.07) is 4.17. The van der Waals surface area contributed by atoms with Crippen LogP contribution in [0.5, 0.6) is 0 Å². The molecule has 0 aliphatic carbocycles. The summed E-state index contributed by atoms with van der Waals surface area (Å²) < 4.78 is 5.49. The van der Waals surface area contributed by atoms with Gasteiger partial charge in [-0.3, -0.25) is 0 Å². The van der Waals surface area contributed by atoms with Gasteiger partial charge in [0, 0.05) is 18.3 Å². The molecule has 1 aromatic rings. The molecule has 4 nitrogen and oxygen atoms in total. The van der Waals surface area contributed by atoms with Crippen molar-refractivity contribution in [2.75, 3.05) is 24.7 Å². The lowest BCUT2D eigenvalue weighted by molar-refractivity contribution is 0.0920. The van der Waals surface area contributed by atoms with Crippen LogP contribution < -0.4 is 4.90 Å². The first kappa shape index (κ1) is 12.3. The topological polar surface area (TPSA) is 45.6 Å². The monoisotopic (exact) mass is 236 g/mol. The van der Waals surface area contributed by atoms with Gasteiger partial charge in [0.25, 0.3) is 0 Å². The van der Waals surface area contributed by atoms with E-state index in [1.807, 2.05) is 12.1 Å². The van der Waals surface area contributed by atoms with E-state index in [2.05, 4.69) is 16.8 Å². The van der Waals surface area contributed by atoms with Gasteiger partial charge in [0.05, 0.1) is 25.4 Å². The predicted molar refractivity (Wildman–Crippen MR) is 67.1 cm³/mol. The third-order valence-electron chi connectivity index (χ3n) is 3.24. The number of aliphatic hydroxyl groups excluding tert-OH is 1. The van der Waals surface area contributed by atoms with E-state index in [4.69, 9.17) is 4.74 Å². The molecule has 2 heterocycles. The minimum absolute atomic E-state index is 0.358. The first-order valence-electron chi connectivity index (χ1n) is 6.21. The number of nitrogens with zero attached hydrogens (tertiary/aromatic N) is 2. The maximum absolute atomic E-state index is 9.80. The number of rotatable bonds is 3. The summed E-state index contributed by atoms with van der Waals surface area (Å²) in [6.45, 7) is 6.24. The van der Waals surface area contributed by atoms with E-state index in [-0.39, 0.29) is 0 Å². The zero-order valence-electron chi connectivity index (χ0n) is 10.5. The molecule has 17 heavy (non-hydrogen) atoms. The maximum atomic E-state index is 9.80. The molecule has 0 saturated carbocycles. The van der Waals surface area contributed by atoms with Crippen molar-refractivity contribution >= 4 is 5.82 Å². The van der Waals surface area contributed by atoms with Gasteiger partial charge in [-0.15, -0.1) is 0 Å². The quantitative estimate of drug-likeness (QED) is 0.868. The average molecular weight is 236 g/mol. The minimum Gasteiger partial charge on any atom is -0.389 e. The lowest BCUT2D eigenvalue weighted by Crippen LogP contribution is -2.46. The lowest BCUT2D eigenvalue weighted by Gasteiger charge is -2.37. The Morgan fingerprint density at radius 3 is 3.18 bits per heavy atom. The van der Waals surface area contributed by atoms with Crippen LogP contribution >= 0.6 is 0 Å². The molecule has 2 rings (SSSR count). The molecule has 1 saturated heterocycles. The fraction of sp³-hybridized carbons (Fsp3) is 0.615. The van der Waals surface area contributed by atoms with Crippen molar-refractivity contribution < 1.29 is 9.84 Å². The molecule has 1 aromatic heterocycles. The maximum Gasteiger partial charge on any atom is 0.134 e. The van der Waals surface area contributed by atoms with Crippen LogP contribution in [0.3, 0.4) is 0 Å². The molecule has 1 aliphatic heterocycles. The van der Waals surface area contributed by atoms with Gasteiger partial charge in [-0.2, -0.15) is 0 Å². The Balaban J connectivity index is 2.31. The second kappa shape index (κ2) is 5.47. The largest absolute Gasteiger partial charge is 0.389 e. The van der Waals surface area contributed by atoms with Crippen molar-refractivity contribution in [1.29, 1.82) is 0 Å². The Labute approximate surface area is 102 Å². The van der Waals surface area contributed by atoms with Gasteiger partial charge < -0.3 is 14.7 Å². The molecular formula is C13H20N2O2. The van der Waals surface area contributed by atoms with E-state index in [0.717, 1.165) is 37.6 Å². The number of aromatic nitrogens is 1. The molecule has 1 N–H and O–H groups in total. The molecule has 0 amide bonds. The summed E-state index contributed by atoms with van der Waals surface area (Å²) >= 11 is 0. The zero-order valence-corrected chi connectivity index (χ0v) is 10.5. The summed E-state index contributed by atoms with van der Waals surface area (Å²) in [5.41, 5.74) is 0.896. The first-order valence-corrected chi connectivity index (χ1v) is 6.21. The van der Waals surface area contributed by atoms with Gasteiger partial charge in [-0.05, 0) is 19.4 Å². The lowest BCUT2D eigenvalue weighted by atomic mass is 10.1. The van der Waals surface area contributed by atoms with Gasteiger partial charge >= 0.3 is 0 Å². The molecule has 94 valence electrons. The number of ether oxygens (including phenoxy) is 1. The van der Waals surface area contributed by atoms with Crippen molar-refractivity contribution in [2.24, 2.45) is 0 Å². The summed E-state index contributed by atoms with van der Waals surface area (Å²) in [6.07, 6.45) is 2.32. The highest BCUT2D eigenvalue weighted by Gasteiger charge is 2.25. The van der Waals surface area contributed by atoms with Crippen LogP contribution in [0.25, 0.3) is 0 Å². The highest BCUT2D eigenvalue weighted by molar-refractivity contribution is 5.49. The molecule has 0 bridgehead atoms. The Hall–Kier alpha value is -1.13. The molecule has 0 spiro atoms. The summed E-state index contributed by atoms with van der Waals surface area (Å²) in [4.78, 5) is 6.69. The molecule has 2 unspecified atom stereocenters. The van der Waals surface area contributed by atoms with Gasteiger partial charge in [-0.1, -0.05) is 13.0 Å². The second-order valence-electron chi connectivity index (χ2n) is 4.42. The Kier molecular flexibility index (Phi) is 3.97. The van der Waals surface area contributed by atoms with E-state index in [0.29, 0.717) is 6.04 Å². The van der Waals surface area contributed by atoms with E-state index in [1.54, 1.807) is 13.1 Å². The molecule has 2 atom stereocenters. The van der Waals surface area contributed by atoms with Crippen LogP contribution in [0.2, 0.25) is 0 Å². The fourth-order valence-corrected chi connectivity index (χ4v) is 2.25. The highest BCUT2D eigenvalue weighted by atomic mass is 16.5. The van der Waals surface area contributed by atoms with Crippen LogP contribution in [-0.4, -0.2) is 35.9 Å². The van der Waals surface area contributed by atoms with Gasteiger partial charge in [0.1, 0.15) is 5.82 Å².